The number of amides is 1. The molecule has 1 aromatic carbocycles. The first kappa shape index (κ1) is 12.0. The highest BCUT2D eigenvalue weighted by Crippen LogP contribution is 2.18. The summed E-state index contributed by atoms with van der Waals surface area (Å²) in [6, 6.07) is 5.46. The number of anilines is 1. The summed E-state index contributed by atoms with van der Waals surface area (Å²) in [4.78, 5) is 11.9. The van der Waals surface area contributed by atoms with Crippen molar-refractivity contribution in [3.05, 3.63) is 30.1 Å². The van der Waals surface area contributed by atoms with E-state index < -0.39 is 11.5 Å². The smallest absolute Gasteiger partial charge is 0.257 e. The van der Waals surface area contributed by atoms with Crippen molar-refractivity contribution in [2.45, 2.75) is 18.4 Å². The molecule has 3 N–H and O–H groups in total. The minimum Gasteiger partial charge on any atom is -0.379 e. The molecule has 1 aliphatic rings. The van der Waals surface area contributed by atoms with Gasteiger partial charge in [0.25, 0.3) is 5.91 Å². The average molecular weight is 238 g/mol. The first-order chi connectivity index (χ1) is 8.10. The van der Waals surface area contributed by atoms with Gasteiger partial charge < -0.3 is 15.7 Å². The van der Waals surface area contributed by atoms with Gasteiger partial charge in [0.05, 0.1) is 0 Å². The van der Waals surface area contributed by atoms with Crippen molar-refractivity contribution in [3.63, 3.8) is 0 Å². The number of β-amino-alcohol motifs (C(OH)–C–C–N with tert-alkyl or cyclic N) is 1. The highest BCUT2D eigenvalue weighted by molar-refractivity contribution is 5.97. The lowest BCUT2D eigenvalue weighted by Crippen LogP contribution is -2.53. The Kier molecular flexibility index (Phi) is 3.40. The van der Waals surface area contributed by atoms with Crippen molar-refractivity contribution in [2.24, 2.45) is 0 Å². The maximum Gasteiger partial charge on any atom is 0.257 e. The number of hydrogen-bond donors (Lipinski definition) is 3. The van der Waals surface area contributed by atoms with Crippen LogP contribution in [0.25, 0.3) is 0 Å². The number of carbonyl (C=O) groups excluding carboxylic acids is 1. The van der Waals surface area contributed by atoms with Gasteiger partial charge in [-0.3, -0.25) is 4.79 Å². The van der Waals surface area contributed by atoms with E-state index in [2.05, 4.69) is 10.6 Å². The van der Waals surface area contributed by atoms with Crippen LogP contribution in [-0.4, -0.2) is 29.7 Å². The van der Waals surface area contributed by atoms with Crippen LogP contribution < -0.4 is 10.6 Å². The molecule has 0 saturated carbocycles. The molecule has 2 rings (SSSR count). The van der Waals surface area contributed by atoms with Crippen LogP contribution in [0.1, 0.15) is 12.8 Å². The van der Waals surface area contributed by atoms with E-state index in [0.717, 1.165) is 13.0 Å². The van der Waals surface area contributed by atoms with Crippen LogP contribution in [0.3, 0.4) is 0 Å². The van der Waals surface area contributed by atoms with Gasteiger partial charge in [0.15, 0.2) is 5.60 Å². The fourth-order valence-electron chi connectivity index (χ4n) is 1.86. The molecule has 1 aliphatic heterocycles. The Balaban J connectivity index is 2.03. The van der Waals surface area contributed by atoms with Crippen LogP contribution in [0.2, 0.25) is 0 Å². The quantitative estimate of drug-likeness (QED) is 0.716. The third kappa shape index (κ3) is 2.81. The van der Waals surface area contributed by atoms with E-state index in [1.54, 1.807) is 0 Å². The van der Waals surface area contributed by atoms with Crippen molar-refractivity contribution in [1.82, 2.24) is 5.32 Å². The number of aliphatic hydroxyl groups is 1. The molecule has 4 nitrogen and oxygen atoms in total. The maximum atomic E-state index is 12.7. The van der Waals surface area contributed by atoms with Crippen LogP contribution in [0, 0.1) is 5.82 Å². The van der Waals surface area contributed by atoms with Gasteiger partial charge in [-0.2, -0.15) is 0 Å². The Morgan fingerprint density at radius 1 is 1.41 bits per heavy atom. The topological polar surface area (TPSA) is 61.4 Å². The summed E-state index contributed by atoms with van der Waals surface area (Å²) in [7, 11) is 0. The second-order valence-corrected chi connectivity index (χ2v) is 4.27. The Morgan fingerprint density at radius 2 is 2.12 bits per heavy atom. The molecule has 1 aromatic rings. The van der Waals surface area contributed by atoms with Gasteiger partial charge in [-0.15, -0.1) is 0 Å². The van der Waals surface area contributed by atoms with Crippen molar-refractivity contribution >= 4 is 11.6 Å². The monoisotopic (exact) mass is 238 g/mol. The van der Waals surface area contributed by atoms with E-state index in [0.29, 0.717) is 12.1 Å². The van der Waals surface area contributed by atoms with Crippen molar-refractivity contribution < 1.29 is 14.3 Å². The average Bonchev–Trinajstić information content (AvgIpc) is 2.33. The number of benzene rings is 1. The van der Waals surface area contributed by atoms with E-state index in [4.69, 9.17) is 0 Å². The minimum absolute atomic E-state index is 0.250. The predicted octanol–water partition coefficient (Wildman–Crippen LogP) is 0.879. The largest absolute Gasteiger partial charge is 0.379 e. The molecule has 92 valence electrons. The Morgan fingerprint density at radius 3 is 2.71 bits per heavy atom. The maximum absolute atomic E-state index is 12.7. The van der Waals surface area contributed by atoms with Gasteiger partial charge in [-0.25, -0.2) is 4.39 Å². The summed E-state index contributed by atoms with van der Waals surface area (Å²) in [5.41, 5.74) is -0.887. The Hall–Kier alpha value is -1.46. The summed E-state index contributed by atoms with van der Waals surface area (Å²) in [6.07, 6.45) is 1.19. The molecule has 1 saturated heterocycles. The lowest BCUT2D eigenvalue weighted by Gasteiger charge is -2.31. The number of hydrogen-bond acceptors (Lipinski definition) is 3. The summed E-state index contributed by atoms with van der Waals surface area (Å²) in [6.45, 7) is 1.06. The number of nitrogens with one attached hydrogen (secondary N) is 2. The molecule has 0 aromatic heterocycles. The zero-order valence-corrected chi connectivity index (χ0v) is 9.37. The number of rotatable bonds is 2. The molecule has 0 radical (unpaired) electrons. The molecular formula is C12H15FN2O2. The highest BCUT2D eigenvalue weighted by atomic mass is 19.1. The van der Waals surface area contributed by atoms with Gasteiger partial charge in [0.2, 0.25) is 0 Å². The second kappa shape index (κ2) is 4.81. The van der Waals surface area contributed by atoms with Crippen molar-refractivity contribution in [1.29, 1.82) is 0 Å². The second-order valence-electron chi connectivity index (χ2n) is 4.27. The number of piperidine rings is 1. The van der Waals surface area contributed by atoms with Gasteiger partial charge in [-0.1, -0.05) is 0 Å². The molecular weight excluding hydrogens is 223 g/mol. The minimum atomic E-state index is -1.37. The fourth-order valence-corrected chi connectivity index (χ4v) is 1.86. The van der Waals surface area contributed by atoms with E-state index in [-0.39, 0.29) is 12.4 Å². The molecule has 0 spiro atoms. The molecule has 0 bridgehead atoms. The van der Waals surface area contributed by atoms with Crippen molar-refractivity contribution in [3.8, 4) is 0 Å². The summed E-state index contributed by atoms with van der Waals surface area (Å²) in [5.74, 6) is -0.808. The SMILES string of the molecule is O=C(Nc1ccc(F)cc1)C1(O)CCCNC1. The first-order valence-corrected chi connectivity index (χ1v) is 5.60. The van der Waals surface area contributed by atoms with Crippen LogP contribution in [0.15, 0.2) is 24.3 Å². The molecule has 0 aliphatic carbocycles. The van der Waals surface area contributed by atoms with Gasteiger partial charge in [0.1, 0.15) is 5.82 Å². The summed E-state index contributed by atoms with van der Waals surface area (Å²) < 4.78 is 12.7. The van der Waals surface area contributed by atoms with E-state index in [9.17, 15) is 14.3 Å². The molecule has 5 heteroatoms. The Labute approximate surface area is 98.8 Å². The molecule has 1 unspecified atom stereocenters. The van der Waals surface area contributed by atoms with E-state index in [1.165, 1.54) is 24.3 Å². The number of halogens is 1. The van der Waals surface area contributed by atoms with Crippen LogP contribution in [0.4, 0.5) is 10.1 Å². The number of carbonyl (C=O) groups is 1. The highest BCUT2D eigenvalue weighted by Gasteiger charge is 2.37. The van der Waals surface area contributed by atoms with Crippen LogP contribution in [0.5, 0.6) is 0 Å². The van der Waals surface area contributed by atoms with Gasteiger partial charge >= 0.3 is 0 Å². The molecule has 1 amide bonds. The van der Waals surface area contributed by atoms with Gasteiger partial charge in [0, 0.05) is 12.2 Å². The third-order valence-electron chi connectivity index (χ3n) is 2.89. The Bertz CT molecular complexity index is 399. The van der Waals surface area contributed by atoms with E-state index in [1.807, 2.05) is 0 Å². The predicted molar refractivity (Wildman–Crippen MR) is 62.1 cm³/mol. The molecule has 1 heterocycles. The zero-order valence-electron chi connectivity index (χ0n) is 9.37. The van der Waals surface area contributed by atoms with Crippen LogP contribution in [-0.2, 0) is 4.79 Å². The summed E-state index contributed by atoms with van der Waals surface area (Å²) >= 11 is 0. The molecule has 1 atom stereocenters. The van der Waals surface area contributed by atoms with Crippen molar-refractivity contribution in [2.75, 3.05) is 18.4 Å². The zero-order chi connectivity index (χ0) is 12.3. The normalized spacial score (nSPS) is 24.4. The van der Waals surface area contributed by atoms with Gasteiger partial charge in [-0.05, 0) is 43.7 Å². The third-order valence-corrected chi connectivity index (χ3v) is 2.89. The standard InChI is InChI=1S/C12H15FN2O2/c13-9-2-4-10(5-3-9)15-11(16)12(17)6-1-7-14-8-12/h2-5,14,17H,1,6-8H2,(H,15,16). The first-order valence-electron chi connectivity index (χ1n) is 5.60. The fraction of sp³-hybridized carbons (Fsp3) is 0.417. The lowest BCUT2D eigenvalue weighted by atomic mass is 9.93. The lowest BCUT2D eigenvalue weighted by molar-refractivity contribution is -0.135. The molecule has 1 fully saturated rings. The van der Waals surface area contributed by atoms with E-state index >= 15 is 0 Å². The summed E-state index contributed by atoms with van der Waals surface area (Å²) in [5, 5.41) is 15.7. The molecule has 17 heavy (non-hydrogen) atoms. The van der Waals surface area contributed by atoms with Crippen LogP contribution >= 0.6 is 0 Å².